The van der Waals surface area contributed by atoms with Crippen molar-refractivity contribution in [2.75, 3.05) is 0 Å². The highest BCUT2D eigenvalue weighted by atomic mass is 16.4. The average Bonchev–Trinajstić information content (AvgIpc) is 2.65. The van der Waals surface area contributed by atoms with E-state index < -0.39 is 24.0 Å². The maximum Gasteiger partial charge on any atom is 0.326 e. The summed E-state index contributed by atoms with van der Waals surface area (Å²) in [6.07, 6.45) is 0.463. The Balaban J connectivity index is 0.000000296. The lowest BCUT2D eigenvalue weighted by Gasteiger charge is -2.13. The number of carbonyl (C=O) groups is 3. The van der Waals surface area contributed by atoms with Crippen LogP contribution in [0.4, 0.5) is 0 Å². The molecule has 0 bridgehead atoms. The SMILES string of the molecule is CC(=O)NC(Cc1ccc(O)cc1)C(=O)O.NC(Cc1ccc(O)cc1)C(=O)O. The third kappa shape index (κ3) is 9.25. The quantitative estimate of drug-likeness (QED) is 0.395. The van der Waals surface area contributed by atoms with Crippen LogP contribution in [0.25, 0.3) is 0 Å². The van der Waals surface area contributed by atoms with Crippen LogP contribution in [0.1, 0.15) is 18.1 Å². The number of nitrogens with two attached hydrogens (primary N) is 1. The summed E-state index contributed by atoms with van der Waals surface area (Å²) in [5, 5.41) is 37.8. The second-order valence-electron chi connectivity index (χ2n) is 6.28. The zero-order valence-electron chi connectivity index (χ0n) is 15.8. The van der Waals surface area contributed by atoms with Gasteiger partial charge in [0.2, 0.25) is 5.91 Å². The molecule has 7 N–H and O–H groups in total. The molecule has 2 aromatic rings. The van der Waals surface area contributed by atoms with Gasteiger partial charge in [0.25, 0.3) is 0 Å². The van der Waals surface area contributed by atoms with E-state index in [9.17, 15) is 14.4 Å². The highest BCUT2D eigenvalue weighted by molar-refractivity contribution is 5.82. The fourth-order valence-corrected chi connectivity index (χ4v) is 2.29. The molecule has 0 saturated carbocycles. The number of hydrogen-bond donors (Lipinski definition) is 6. The van der Waals surface area contributed by atoms with Crippen molar-refractivity contribution in [2.24, 2.45) is 5.73 Å². The zero-order chi connectivity index (χ0) is 22.0. The van der Waals surface area contributed by atoms with Crippen molar-refractivity contribution in [1.82, 2.24) is 5.32 Å². The summed E-state index contributed by atoms with van der Waals surface area (Å²) in [5.74, 6) is -2.20. The predicted octanol–water partition coefficient (Wildman–Crippen LogP) is 0.871. The van der Waals surface area contributed by atoms with Gasteiger partial charge in [0.1, 0.15) is 23.6 Å². The fourth-order valence-electron chi connectivity index (χ4n) is 2.29. The van der Waals surface area contributed by atoms with Gasteiger partial charge < -0.3 is 31.5 Å². The van der Waals surface area contributed by atoms with E-state index in [1.807, 2.05) is 0 Å². The number of amides is 1. The monoisotopic (exact) mass is 404 g/mol. The Morgan fingerprint density at radius 1 is 0.828 bits per heavy atom. The van der Waals surface area contributed by atoms with E-state index in [-0.39, 0.29) is 30.2 Å². The Morgan fingerprint density at radius 2 is 1.24 bits per heavy atom. The zero-order valence-corrected chi connectivity index (χ0v) is 15.8. The Hall–Kier alpha value is -3.59. The standard InChI is InChI=1S/C11H13NO4.C9H11NO3/c1-7(13)12-10(11(15)16)6-8-2-4-9(14)5-3-8;10-8(9(12)13)5-6-1-3-7(11)4-2-6/h2-5,10,14H,6H2,1H3,(H,12,13)(H,15,16);1-4,8,11H,5,10H2,(H,12,13). The van der Waals surface area contributed by atoms with Crippen molar-refractivity contribution in [3.63, 3.8) is 0 Å². The van der Waals surface area contributed by atoms with Crippen molar-refractivity contribution in [2.45, 2.75) is 31.8 Å². The molecule has 29 heavy (non-hydrogen) atoms. The van der Waals surface area contributed by atoms with Crippen molar-refractivity contribution >= 4 is 17.8 Å². The van der Waals surface area contributed by atoms with Gasteiger partial charge in [0.05, 0.1) is 0 Å². The van der Waals surface area contributed by atoms with E-state index in [2.05, 4.69) is 5.32 Å². The summed E-state index contributed by atoms with van der Waals surface area (Å²) in [7, 11) is 0. The minimum atomic E-state index is -1.08. The maximum absolute atomic E-state index is 10.8. The van der Waals surface area contributed by atoms with Crippen LogP contribution < -0.4 is 11.1 Å². The van der Waals surface area contributed by atoms with E-state index in [0.717, 1.165) is 11.1 Å². The molecule has 0 spiro atoms. The van der Waals surface area contributed by atoms with Crippen LogP contribution in [0.5, 0.6) is 11.5 Å². The van der Waals surface area contributed by atoms with Gasteiger partial charge in [-0.15, -0.1) is 0 Å². The Morgan fingerprint density at radius 3 is 1.59 bits per heavy atom. The van der Waals surface area contributed by atoms with Crippen LogP contribution in [0.15, 0.2) is 48.5 Å². The molecule has 0 aliphatic heterocycles. The lowest BCUT2D eigenvalue weighted by molar-refractivity contribution is -0.141. The fraction of sp³-hybridized carbons (Fsp3) is 0.250. The number of carbonyl (C=O) groups excluding carboxylic acids is 1. The lowest BCUT2D eigenvalue weighted by atomic mass is 10.1. The van der Waals surface area contributed by atoms with Crippen LogP contribution in [0, 0.1) is 0 Å². The Kier molecular flexibility index (Phi) is 9.14. The molecule has 2 atom stereocenters. The van der Waals surface area contributed by atoms with E-state index >= 15 is 0 Å². The normalized spacial score (nSPS) is 12.1. The molecule has 0 aliphatic carbocycles. The number of aliphatic carboxylic acids is 2. The molecule has 9 heteroatoms. The predicted molar refractivity (Wildman–Crippen MR) is 104 cm³/mol. The van der Waals surface area contributed by atoms with Gasteiger partial charge in [-0.05, 0) is 41.8 Å². The summed E-state index contributed by atoms with van der Waals surface area (Å²) >= 11 is 0. The average molecular weight is 404 g/mol. The van der Waals surface area contributed by atoms with Crippen molar-refractivity contribution < 1.29 is 34.8 Å². The highest BCUT2D eigenvalue weighted by Crippen LogP contribution is 2.12. The number of nitrogens with one attached hydrogen (secondary N) is 1. The number of carboxylic acids is 2. The molecule has 1 amide bonds. The van der Waals surface area contributed by atoms with Crippen LogP contribution in [0.2, 0.25) is 0 Å². The van der Waals surface area contributed by atoms with Gasteiger partial charge in [-0.2, -0.15) is 0 Å². The summed E-state index contributed by atoms with van der Waals surface area (Å²) in [5.41, 5.74) is 6.86. The maximum atomic E-state index is 10.8. The Labute approximate surface area is 167 Å². The minimum Gasteiger partial charge on any atom is -0.508 e. The second-order valence-corrected chi connectivity index (χ2v) is 6.28. The van der Waals surface area contributed by atoms with Gasteiger partial charge in [0, 0.05) is 13.3 Å². The van der Waals surface area contributed by atoms with Gasteiger partial charge in [0.15, 0.2) is 0 Å². The molecule has 2 rings (SSSR count). The van der Waals surface area contributed by atoms with Crippen molar-refractivity contribution in [3.8, 4) is 11.5 Å². The number of hydrogen-bond acceptors (Lipinski definition) is 6. The van der Waals surface area contributed by atoms with Gasteiger partial charge >= 0.3 is 11.9 Å². The van der Waals surface area contributed by atoms with E-state index in [1.54, 1.807) is 24.3 Å². The van der Waals surface area contributed by atoms with E-state index in [4.69, 9.17) is 26.2 Å². The molecule has 0 aromatic heterocycles. The number of aromatic hydroxyl groups is 2. The van der Waals surface area contributed by atoms with Crippen LogP contribution in [-0.4, -0.2) is 50.4 Å². The first-order valence-corrected chi connectivity index (χ1v) is 8.62. The molecule has 2 unspecified atom stereocenters. The first-order valence-electron chi connectivity index (χ1n) is 8.62. The molecular formula is C20H24N2O7. The first-order chi connectivity index (χ1) is 13.6. The molecule has 0 heterocycles. The number of phenols is 2. The number of carboxylic acid groups (broad SMARTS) is 2. The van der Waals surface area contributed by atoms with Crippen LogP contribution in [-0.2, 0) is 27.2 Å². The van der Waals surface area contributed by atoms with Crippen molar-refractivity contribution in [1.29, 1.82) is 0 Å². The topological polar surface area (TPSA) is 170 Å². The summed E-state index contributed by atoms with van der Waals surface area (Å²) in [6.45, 7) is 1.27. The molecule has 0 aliphatic rings. The number of phenolic OH excluding ortho intramolecular Hbond substituents is 2. The largest absolute Gasteiger partial charge is 0.508 e. The van der Waals surface area contributed by atoms with Gasteiger partial charge in [-0.3, -0.25) is 9.59 Å². The molecule has 156 valence electrons. The van der Waals surface area contributed by atoms with Gasteiger partial charge in [-0.25, -0.2) is 4.79 Å². The molecule has 9 nitrogen and oxygen atoms in total. The molecule has 0 fully saturated rings. The van der Waals surface area contributed by atoms with E-state index in [1.165, 1.54) is 31.2 Å². The number of rotatable bonds is 7. The number of benzene rings is 2. The Bertz CT molecular complexity index is 820. The lowest BCUT2D eigenvalue weighted by Crippen LogP contribution is -2.41. The molecule has 0 saturated heterocycles. The van der Waals surface area contributed by atoms with Gasteiger partial charge in [-0.1, -0.05) is 24.3 Å². The smallest absolute Gasteiger partial charge is 0.326 e. The van der Waals surface area contributed by atoms with E-state index in [0.29, 0.717) is 0 Å². The summed E-state index contributed by atoms with van der Waals surface area (Å²) in [6, 6.07) is 10.7. The third-order valence-electron chi connectivity index (χ3n) is 3.76. The third-order valence-corrected chi connectivity index (χ3v) is 3.76. The molecular weight excluding hydrogens is 380 g/mol. The summed E-state index contributed by atoms with van der Waals surface area (Å²) < 4.78 is 0. The van der Waals surface area contributed by atoms with Crippen molar-refractivity contribution in [3.05, 3.63) is 59.7 Å². The summed E-state index contributed by atoms with van der Waals surface area (Å²) in [4.78, 5) is 32.0. The molecule has 2 aromatic carbocycles. The van der Waals surface area contributed by atoms with Crippen LogP contribution in [0.3, 0.4) is 0 Å². The molecule has 0 radical (unpaired) electrons. The minimum absolute atomic E-state index is 0.121. The second kappa shape index (κ2) is 11.3. The van der Waals surface area contributed by atoms with Crippen LogP contribution >= 0.6 is 0 Å². The highest BCUT2D eigenvalue weighted by Gasteiger charge is 2.18. The first kappa shape index (κ1) is 23.4.